The summed E-state index contributed by atoms with van der Waals surface area (Å²) in [5.74, 6) is 0.0121. The Hall–Kier alpha value is -0.650. The highest BCUT2D eigenvalue weighted by molar-refractivity contribution is 5.82. The summed E-state index contributed by atoms with van der Waals surface area (Å²) < 4.78 is 0. The van der Waals surface area contributed by atoms with Crippen molar-refractivity contribution in [1.82, 2.24) is 10.2 Å². The molecule has 2 saturated heterocycles. The van der Waals surface area contributed by atoms with Crippen LogP contribution in [0.2, 0.25) is 0 Å². The second-order valence-electron chi connectivity index (χ2n) is 4.08. The first-order valence-electron chi connectivity index (χ1n) is 5.05. The lowest BCUT2D eigenvalue weighted by molar-refractivity contribution is -0.132. The SMILES string of the molecule is O=C(C1CC(O)CN1)N1CC[C@@H](O)C1. The van der Waals surface area contributed by atoms with Gasteiger partial charge in [-0.15, -0.1) is 0 Å². The third-order valence-corrected chi connectivity index (χ3v) is 2.88. The van der Waals surface area contributed by atoms with E-state index in [0.717, 1.165) is 0 Å². The van der Waals surface area contributed by atoms with Crippen LogP contribution in [0.1, 0.15) is 12.8 Å². The third-order valence-electron chi connectivity index (χ3n) is 2.88. The molecule has 0 radical (unpaired) electrons. The first kappa shape index (κ1) is 9.89. The second-order valence-corrected chi connectivity index (χ2v) is 4.08. The van der Waals surface area contributed by atoms with Crippen molar-refractivity contribution in [3.8, 4) is 0 Å². The average molecular weight is 200 g/mol. The van der Waals surface area contributed by atoms with E-state index < -0.39 is 6.10 Å². The quantitative estimate of drug-likeness (QED) is 0.472. The number of rotatable bonds is 1. The van der Waals surface area contributed by atoms with Crippen LogP contribution >= 0.6 is 0 Å². The van der Waals surface area contributed by atoms with Crippen molar-refractivity contribution in [3.63, 3.8) is 0 Å². The Morgan fingerprint density at radius 3 is 2.64 bits per heavy atom. The molecule has 3 atom stereocenters. The van der Waals surface area contributed by atoms with Crippen molar-refractivity contribution in [2.45, 2.75) is 31.1 Å². The van der Waals surface area contributed by atoms with E-state index in [1.165, 1.54) is 0 Å². The Morgan fingerprint density at radius 1 is 1.36 bits per heavy atom. The molecule has 0 bridgehead atoms. The van der Waals surface area contributed by atoms with E-state index in [4.69, 9.17) is 0 Å². The first-order chi connectivity index (χ1) is 6.66. The molecule has 0 saturated carbocycles. The van der Waals surface area contributed by atoms with Crippen LogP contribution in [0.5, 0.6) is 0 Å². The molecule has 0 spiro atoms. The Labute approximate surface area is 82.7 Å². The summed E-state index contributed by atoms with van der Waals surface area (Å²) in [6, 6.07) is -0.254. The number of hydrogen-bond donors (Lipinski definition) is 3. The molecule has 0 aliphatic carbocycles. The zero-order valence-corrected chi connectivity index (χ0v) is 8.02. The van der Waals surface area contributed by atoms with Gasteiger partial charge in [-0.2, -0.15) is 0 Å². The molecule has 5 nitrogen and oxygen atoms in total. The van der Waals surface area contributed by atoms with Crippen LogP contribution in [0.3, 0.4) is 0 Å². The monoisotopic (exact) mass is 200 g/mol. The van der Waals surface area contributed by atoms with E-state index in [-0.39, 0.29) is 18.1 Å². The van der Waals surface area contributed by atoms with Gasteiger partial charge in [-0.1, -0.05) is 0 Å². The number of amides is 1. The number of nitrogens with one attached hydrogen (secondary N) is 1. The van der Waals surface area contributed by atoms with Crippen LogP contribution < -0.4 is 5.32 Å². The van der Waals surface area contributed by atoms with Crippen LogP contribution in [0.25, 0.3) is 0 Å². The smallest absolute Gasteiger partial charge is 0.239 e. The zero-order chi connectivity index (χ0) is 10.1. The molecule has 2 fully saturated rings. The van der Waals surface area contributed by atoms with Crippen LogP contribution in [0, 0.1) is 0 Å². The van der Waals surface area contributed by atoms with E-state index in [0.29, 0.717) is 32.5 Å². The zero-order valence-electron chi connectivity index (χ0n) is 8.02. The molecular weight excluding hydrogens is 184 g/mol. The fraction of sp³-hybridized carbons (Fsp3) is 0.889. The van der Waals surface area contributed by atoms with Gasteiger partial charge in [-0.05, 0) is 12.8 Å². The number of carbonyl (C=O) groups is 1. The van der Waals surface area contributed by atoms with Crippen LogP contribution in [-0.4, -0.2) is 58.9 Å². The number of likely N-dealkylation sites (tertiary alicyclic amines) is 1. The summed E-state index contributed by atoms with van der Waals surface area (Å²) in [6.45, 7) is 1.56. The van der Waals surface area contributed by atoms with Gasteiger partial charge in [-0.25, -0.2) is 0 Å². The summed E-state index contributed by atoms with van der Waals surface area (Å²) in [6.07, 6.45) is 0.383. The van der Waals surface area contributed by atoms with Gasteiger partial charge in [-0.3, -0.25) is 4.79 Å². The maximum absolute atomic E-state index is 11.8. The fourth-order valence-electron chi connectivity index (χ4n) is 2.07. The van der Waals surface area contributed by atoms with Crippen molar-refractivity contribution < 1.29 is 15.0 Å². The Balaban J connectivity index is 1.89. The van der Waals surface area contributed by atoms with Gasteiger partial charge in [0.15, 0.2) is 0 Å². The second kappa shape index (κ2) is 3.84. The van der Waals surface area contributed by atoms with Gasteiger partial charge in [0, 0.05) is 19.6 Å². The molecule has 0 aromatic carbocycles. The Bertz CT molecular complexity index is 212. The third kappa shape index (κ3) is 1.89. The minimum Gasteiger partial charge on any atom is -0.392 e. The standard InChI is InChI=1S/C9H16N2O3/c12-6-1-2-11(5-6)9(14)8-3-7(13)4-10-8/h6-8,10,12-13H,1-5H2/t6-,7?,8?/m1/s1. The summed E-state index contributed by atoms with van der Waals surface area (Å²) in [5, 5.41) is 21.5. The molecule has 0 aromatic heterocycles. The van der Waals surface area contributed by atoms with Crippen molar-refractivity contribution in [2.24, 2.45) is 0 Å². The van der Waals surface area contributed by atoms with Crippen LogP contribution in [0.15, 0.2) is 0 Å². The van der Waals surface area contributed by atoms with E-state index in [2.05, 4.69) is 5.32 Å². The van der Waals surface area contributed by atoms with E-state index in [1.807, 2.05) is 0 Å². The van der Waals surface area contributed by atoms with Crippen LogP contribution in [0.4, 0.5) is 0 Å². The topological polar surface area (TPSA) is 72.8 Å². The fourth-order valence-corrected chi connectivity index (χ4v) is 2.07. The maximum atomic E-state index is 11.8. The molecule has 2 rings (SSSR count). The van der Waals surface area contributed by atoms with Gasteiger partial charge < -0.3 is 20.4 Å². The minimum atomic E-state index is -0.406. The normalized spacial score (nSPS) is 37.9. The Morgan fingerprint density at radius 2 is 2.14 bits per heavy atom. The summed E-state index contributed by atoms with van der Waals surface area (Å²) >= 11 is 0. The Kier molecular flexibility index (Phi) is 2.71. The van der Waals surface area contributed by atoms with Gasteiger partial charge in [0.1, 0.15) is 0 Å². The molecule has 5 heteroatoms. The highest BCUT2D eigenvalue weighted by atomic mass is 16.3. The maximum Gasteiger partial charge on any atom is 0.239 e. The van der Waals surface area contributed by atoms with Gasteiger partial charge in [0.05, 0.1) is 18.2 Å². The largest absolute Gasteiger partial charge is 0.392 e. The lowest BCUT2D eigenvalue weighted by atomic mass is 10.2. The average Bonchev–Trinajstić information content (AvgIpc) is 2.73. The van der Waals surface area contributed by atoms with Crippen molar-refractivity contribution in [3.05, 3.63) is 0 Å². The van der Waals surface area contributed by atoms with Crippen molar-refractivity contribution >= 4 is 5.91 Å². The van der Waals surface area contributed by atoms with Crippen molar-refractivity contribution in [1.29, 1.82) is 0 Å². The molecule has 2 heterocycles. The van der Waals surface area contributed by atoms with Gasteiger partial charge in [0.2, 0.25) is 5.91 Å². The van der Waals surface area contributed by atoms with Crippen molar-refractivity contribution in [2.75, 3.05) is 19.6 Å². The highest BCUT2D eigenvalue weighted by Crippen LogP contribution is 2.14. The van der Waals surface area contributed by atoms with Crippen LogP contribution in [-0.2, 0) is 4.79 Å². The summed E-state index contributed by atoms with van der Waals surface area (Å²) in [4.78, 5) is 13.4. The summed E-state index contributed by atoms with van der Waals surface area (Å²) in [5.41, 5.74) is 0. The number of aliphatic hydroxyl groups is 2. The number of aliphatic hydroxyl groups excluding tert-OH is 2. The van der Waals surface area contributed by atoms with Gasteiger partial charge >= 0.3 is 0 Å². The lowest BCUT2D eigenvalue weighted by Crippen LogP contribution is -2.42. The number of hydrogen-bond acceptors (Lipinski definition) is 4. The number of β-amino-alcohol motifs (C(OH)–C–C–N with tert-alkyl or cyclic N) is 2. The van der Waals surface area contributed by atoms with E-state index in [1.54, 1.807) is 4.90 Å². The molecule has 2 aliphatic rings. The lowest BCUT2D eigenvalue weighted by Gasteiger charge is -2.19. The predicted molar refractivity (Wildman–Crippen MR) is 49.6 cm³/mol. The molecule has 2 aliphatic heterocycles. The predicted octanol–water partition coefficient (Wildman–Crippen LogP) is -1.70. The van der Waals surface area contributed by atoms with E-state index in [9.17, 15) is 15.0 Å². The van der Waals surface area contributed by atoms with E-state index >= 15 is 0 Å². The molecule has 2 unspecified atom stereocenters. The molecule has 3 N–H and O–H groups in total. The molecule has 0 aromatic rings. The number of nitrogens with zero attached hydrogens (tertiary/aromatic N) is 1. The molecule has 14 heavy (non-hydrogen) atoms. The highest BCUT2D eigenvalue weighted by Gasteiger charge is 2.34. The number of carbonyl (C=O) groups excluding carboxylic acids is 1. The molecule has 1 amide bonds. The van der Waals surface area contributed by atoms with Gasteiger partial charge in [0.25, 0.3) is 0 Å². The first-order valence-corrected chi connectivity index (χ1v) is 5.05. The molecule has 80 valence electrons. The minimum absolute atomic E-state index is 0.0121. The molecular formula is C9H16N2O3. The summed E-state index contributed by atoms with van der Waals surface area (Å²) in [7, 11) is 0.